The van der Waals surface area contributed by atoms with Crippen LogP contribution < -0.4 is 5.73 Å². The number of primary amides is 1. The molecule has 0 spiro atoms. The third-order valence-electron chi connectivity index (χ3n) is 5.72. The molecule has 2 aliphatic rings. The zero-order valence-corrected chi connectivity index (χ0v) is 15.3. The predicted molar refractivity (Wildman–Crippen MR) is 95.8 cm³/mol. The second-order valence-electron chi connectivity index (χ2n) is 7.22. The van der Waals surface area contributed by atoms with Gasteiger partial charge in [0.05, 0.1) is 18.6 Å². The van der Waals surface area contributed by atoms with Gasteiger partial charge in [0.25, 0.3) is 0 Å². The lowest BCUT2D eigenvalue weighted by Gasteiger charge is -2.49. The summed E-state index contributed by atoms with van der Waals surface area (Å²) in [6, 6.07) is 8.14. The first-order valence-corrected chi connectivity index (χ1v) is 9.39. The van der Waals surface area contributed by atoms with Crippen LogP contribution in [0.2, 0.25) is 0 Å². The Bertz CT molecular complexity index is 628. The molecule has 1 aromatic rings. The van der Waals surface area contributed by atoms with Gasteiger partial charge in [-0.1, -0.05) is 30.3 Å². The highest BCUT2D eigenvalue weighted by atomic mass is 19.3. The van der Waals surface area contributed by atoms with Crippen molar-refractivity contribution in [1.82, 2.24) is 9.80 Å². The Balaban J connectivity index is 2.04. The standard InChI is InChI=1S/C19H27F2N3O3/c20-18(21)27-19(24-9-4-5-10-24,15-6-2-1-3-7-15)16(13-25)23-11-8-14(12-23)17(22)26/h1-3,6-7,14,16,18,25H,4-5,8-13H2,(H2,22,26). The Hall–Kier alpha value is -1.61. The normalized spacial score (nSPS) is 25.0. The number of aliphatic hydroxyl groups is 1. The molecular weight excluding hydrogens is 356 g/mol. The molecule has 8 heteroatoms. The highest BCUT2D eigenvalue weighted by Gasteiger charge is 2.52. The van der Waals surface area contributed by atoms with Crippen molar-refractivity contribution >= 4 is 5.91 Å². The Labute approximate surface area is 157 Å². The molecule has 0 aromatic heterocycles. The summed E-state index contributed by atoms with van der Waals surface area (Å²) in [4.78, 5) is 15.3. The molecule has 2 fully saturated rings. The summed E-state index contributed by atoms with van der Waals surface area (Å²) in [6.07, 6.45) is 2.30. The van der Waals surface area contributed by atoms with Crippen LogP contribution in [0.1, 0.15) is 24.8 Å². The minimum atomic E-state index is -3.01. The first-order chi connectivity index (χ1) is 13.0. The lowest BCUT2D eigenvalue weighted by Crippen LogP contribution is -2.62. The number of carbonyl (C=O) groups excluding carboxylic acids is 1. The van der Waals surface area contributed by atoms with Crippen LogP contribution >= 0.6 is 0 Å². The fraction of sp³-hybridized carbons (Fsp3) is 0.632. The summed E-state index contributed by atoms with van der Waals surface area (Å²) in [5.41, 5.74) is 4.52. The monoisotopic (exact) mass is 383 g/mol. The fourth-order valence-corrected chi connectivity index (χ4v) is 4.46. The largest absolute Gasteiger partial charge is 0.395 e. The molecule has 2 saturated heterocycles. The topological polar surface area (TPSA) is 79.0 Å². The number of rotatable bonds is 8. The van der Waals surface area contributed by atoms with Gasteiger partial charge in [0.2, 0.25) is 5.91 Å². The van der Waals surface area contributed by atoms with Crippen LogP contribution in [0.5, 0.6) is 0 Å². The molecule has 3 atom stereocenters. The lowest BCUT2D eigenvalue weighted by atomic mass is 9.91. The van der Waals surface area contributed by atoms with E-state index < -0.39 is 24.3 Å². The number of ether oxygens (including phenoxy) is 1. The van der Waals surface area contributed by atoms with E-state index in [1.54, 1.807) is 24.3 Å². The Kier molecular flexibility index (Phi) is 6.41. The molecule has 1 aromatic carbocycles. The van der Waals surface area contributed by atoms with Gasteiger partial charge >= 0.3 is 6.61 Å². The molecular formula is C19H27F2N3O3. The molecule has 0 bridgehead atoms. The molecule has 150 valence electrons. The summed E-state index contributed by atoms with van der Waals surface area (Å²) in [7, 11) is 0. The molecule has 2 heterocycles. The van der Waals surface area contributed by atoms with Gasteiger partial charge in [-0.05, 0) is 25.8 Å². The summed E-state index contributed by atoms with van der Waals surface area (Å²) in [6.45, 7) is -1.35. The van der Waals surface area contributed by atoms with E-state index in [0.717, 1.165) is 12.8 Å². The van der Waals surface area contributed by atoms with Crippen LogP contribution in [-0.2, 0) is 15.3 Å². The molecule has 0 radical (unpaired) electrons. The van der Waals surface area contributed by atoms with Gasteiger partial charge in [-0.15, -0.1) is 0 Å². The van der Waals surface area contributed by atoms with E-state index in [-0.39, 0.29) is 12.5 Å². The first kappa shape index (κ1) is 20.1. The maximum Gasteiger partial charge on any atom is 0.347 e. The number of amides is 1. The smallest absolute Gasteiger partial charge is 0.347 e. The molecule has 2 aliphatic heterocycles. The summed E-state index contributed by atoms with van der Waals surface area (Å²) in [5, 5.41) is 10.3. The second kappa shape index (κ2) is 8.60. The van der Waals surface area contributed by atoms with Gasteiger partial charge in [0.15, 0.2) is 5.72 Å². The maximum absolute atomic E-state index is 13.6. The van der Waals surface area contributed by atoms with Gasteiger partial charge in [0, 0.05) is 25.2 Å². The average Bonchev–Trinajstić information content (AvgIpc) is 3.34. The number of nitrogens with zero attached hydrogens (tertiary/aromatic N) is 2. The van der Waals surface area contributed by atoms with Gasteiger partial charge in [0.1, 0.15) is 0 Å². The average molecular weight is 383 g/mol. The molecule has 3 rings (SSSR count). The van der Waals surface area contributed by atoms with Crippen molar-refractivity contribution in [2.75, 3.05) is 32.8 Å². The first-order valence-electron chi connectivity index (χ1n) is 9.39. The van der Waals surface area contributed by atoms with Crippen LogP contribution in [-0.4, -0.2) is 66.3 Å². The van der Waals surface area contributed by atoms with E-state index in [1.807, 2.05) is 15.9 Å². The van der Waals surface area contributed by atoms with Gasteiger partial charge in [-0.25, -0.2) is 0 Å². The van der Waals surface area contributed by atoms with E-state index in [4.69, 9.17) is 10.5 Å². The summed E-state index contributed by atoms with van der Waals surface area (Å²) >= 11 is 0. The van der Waals surface area contributed by atoms with Crippen molar-refractivity contribution in [3.8, 4) is 0 Å². The number of alkyl halides is 2. The van der Waals surface area contributed by atoms with Crippen LogP contribution in [0.25, 0.3) is 0 Å². The molecule has 3 N–H and O–H groups in total. The molecule has 6 nitrogen and oxygen atoms in total. The van der Waals surface area contributed by atoms with E-state index >= 15 is 0 Å². The van der Waals surface area contributed by atoms with E-state index in [2.05, 4.69) is 0 Å². The third kappa shape index (κ3) is 3.99. The number of benzene rings is 1. The molecule has 1 amide bonds. The number of likely N-dealkylation sites (tertiary alicyclic amines) is 2. The van der Waals surface area contributed by atoms with Crippen molar-refractivity contribution in [1.29, 1.82) is 0 Å². The van der Waals surface area contributed by atoms with Crippen molar-refractivity contribution < 1.29 is 23.4 Å². The van der Waals surface area contributed by atoms with Gasteiger partial charge < -0.3 is 10.8 Å². The number of carbonyl (C=O) groups is 1. The molecule has 27 heavy (non-hydrogen) atoms. The SMILES string of the molecule is NC(=O)C1CCN(C(CO)C(OC(F)F)(c2ccccc2)N2CCCC2)C1. The summed E-state index contributed by atoms with van der Waals surface area (Å²) in [5.74, 6) is -0.756. The fourth-order valence-electron chi connectivity index (χ4n) is 4.46. The maximum atomic E-state index is 13.6. The van der Waals surface area contributed by atoms with Crippen LogP contribution in [0.15, 0.2) is 30.3 Å². The van der Waals surface area contributed by atoms with Crippen LogP contribution in [0.3, 0.4) is 0 Å². The number of hydrogen-bond donors (Lipinski definition) is 2. The van der Waals surface area contributed by atoms with E-state index in [1.165, 1.54) is 0 Å². The Morgan fingerprint density at radius 2 is 1.93 bits per heavy atom. The Morgan fingerprint density at radius 1 is 1.26 bits per heavy atom. The molecule has 0 aliphatic carbocycles. The van der Waals surface area contributed by atoms with Crippen molar-refractivity contribution in [2.45, 2.75) is 37.6 Å². The van der Waals surface area contributed by atoms with Crippen LogP contribution in [0, 0.1) is 5.92 Å². The number of aliphatic hydroxyl groups excluding tert-OH is 1. The summed E-state index contributed by atoms with van der Waals surface area (Å²) < 4.78 is 32.6. The van der Waals surface area contributed by atoms with Gasteiger partial charge in [-0.2, -0.15) is 8.78 Å². The van der Waals surface area contributed by atoms with Crippen molar-refractivity contribution in [3.63, 3.8) is 0 Å². The third-order valence-corrected chi connectivity index (χ3v) is 5.72. The number of halogens is 2. The minimum Gasteiger partial charge on any atom is -0.395 e. The number of hydrogen-bond acceptors (Lipinski definition) is 5. The zero-order chi connectivity index (χ0) is 19.4. The van der Waals surface area contributed by atoms with Crippen molar-refractivity contribution in [3.05, 3.63) is 35.9 Å². The minimum absolute atomic E-state index is 0.329. The second-order valence-corrected chi connectivity index (χ2v) is 7.22. The van der Waals surface area contributed by atoms with E-state index in [9.17, 15) is 18.7 Å². The van der Waals surface area contributed by atoms with E-state index in [0.29, 0.717) is 38.2 Å². The van der Waals surface area contributed by atoms with Crippen LogP contribution in [0.4, 0.5) is 8.78 Å². The highest BCUT2D eigenvalue weighted by Crippen LogP contribution is 2.41. The quantitative estimate of drug-likeness (QED) is 0.708. The Morgan fingerprint density at radius 3 is 2.44 bits per heavy atom. The molecule has 0 saturated carbocycles. The lowest BCUT2D eigenvalue weighted by molar-refractivity contribution is -0.292. The zero-order valence-electron chi connectivity index (χ0n) is 15.3. The van der Waals surface area contributed by atoms with Gasteiger partial charge in [-0.3, -0.25) is 19.3 Å². The highest BCUT2D eigenvalue weighted by molar-refractivity contribution is 5.77. The predicted octanol–water partition coefficient (Wildman–Crippen LogP) is 1.34. The number of nitrogens with two attached hydrogens (primary N) is 1. The molecule has 3 unspecified atom stereocenters. The van der Waals surface area contributed by atoms with Crippen molar-refractivity contribution in [2.24, 2.45) is 11.7 Å².